The lowest BCUT2D eigenvalue weighted by atomic mass is 10.1. The second-order valence-corrected chi connectivity index (χ2v) is 8.91. The van der Waals surface area contributed by atoms with Crippen LogP contribution in [0.1, 0.15) is 29.4 Å². The zero-order valence-electron chi connectivity index (χ0n) is 17.2. The molecule has 10 heteroatoms. The smallest absolute Gasteiger partial charge is 0.346 e. The van der Waals surface area contributed by atoms with Gasteiger partial charge in [0, 0.05) is 36.0 Å². The lowest BCUT2D eigenvalue weighted by Gasteiger charge is -2.16. The van der Waals surface area contributed by atoms with Crippen molar-refractivity contribution in [2.45, 2.75) is 51.9 Å². The largest absolute Gasteiger partial charge is 0.352 e. The highest BCUT2D eigenvalue weighted by molar-refractivity contribution is 7.09. The van der Waals surface area contributed by atoms with Crippen LogP contribution < -0.4 is 11.0 Å². The molecule has 0 saturated carbocycles. The number of benzene rings is 1. The zero-order valence-corrected chi connectivity index (χ0v) is 18.0. The van der Waals surface area contributed by atoms with Gasteiger partial charge >= 0.3 is 5.69 Å². The molecule has 160 valence electrons. The third kappa shape index (κ3) is 4.15. The molecule has 31 heavy (non-hydrogen) atoms. The summed E-state index contributed by atoms with van der Waals surface area (Å²) in [5.41, 5.74) is 1.62. The fraction of sp³-hybridized carbons (Fsp3) is 0.381. The monoisotopic (exact) mass is 437 g/mol. The first-order chi connectivity index (χ1) is 15.0. The van der Waals surface area contributed by atoms with Crippen molar-refractivity contribution in [2.75, 3.05) is 0 Å². The number of carbonyl (C=O) groups is 1. The van der Waals surface area contributed by atoms with E-state index in [4.69, 9.17) is 0 Å². The third-order valence-corrected chi connectivity index (χ3v) is 6.35. The molecular weight excluding hydrogens is 414 g/mol. The van der Waals surface area contributed by atoms with Gasteiger partial charge in [0.2, 0.25) is 5.91 Å². The number of amides is 1. The Morgan fingerprint density at radius 2 is 2.13 bits per heavy atom. The Morgan fingerprint density at radius 1 is 1.26 bits per heavy atom. The molecule has 0 bridgehead atoms. The van der Waals surface area contributed by atoms with Crippen LogP contribution in [0.2, 0.25) is 0 Å². The van der Waals surface area contributed by atoms with Crippen LogP contribution in [-0.2, 0) is 30.8 Å². The van der Waals surface area contributed by atoms with Gasteiger partial charge in [-0.2, -0.15) is 10.2 Å². The molecule has 1 amide bonds. The lowest BCUT2D eigenvalue weighted by Crippen LogP contribution is -2.37. The molecule has 9 nitrogen and oxygen atoms in total. The van der Waals surface area contributed by atoms with Crippen LogP contribution in [0.3, 0.4) is 0 Å². The van der Waals surface area contributed by atoms with Crippen molar-refractivity contribution in [1.29, 1.82) is 0 Å². The maximum absolute atomic E-state index is 12.8. The molecule has 1 atom stereocenters. The summed E-state index contributed by atoms with van der Waals surface area (Å²) in [5, 5.41) is 16.0. The van der Waals surface area contributed by atoms with Gasteiger partial charge in [-0.25, -0.2) is 14.5 Å². The molecule has 0 radical (unpaired) electrons. The molecule has 4 heterocycles. The first kappa shape index (κ1) is 19.7. The van der Waals surface area contributed by atoms with E-state index in [-0.39, 0.29) is 24.2 Å². The predicted octanol–water partition coefficient (Wildman–Crippen LogP) is 1.73. The predicted molar refractivity (Wildman–Crippen MR) is 117 cm³/mol. The second kappa shape index (κ2) is 8.10. The molecule has 1 aromatic carbocycles. The molecule has 0 aliphatic carbocycles. The first-order valence-corrected chi connectivity index (χ1v) is 11.2. The molecule has 0 saturated heterocycles. The number of aryl methyl sites for hydroxylation is 2. The number of hydrogen-bond acceptors (Lipinski definition) is 6. The molecule has 4 aromatic rings. The zero-order chi connectivity index (χ0) is 21.4. The van der Waals surface area contributed by atoms with Crippen LogP contribution in [0.25, 0.3) is 10.9 Å². The van der Waals surface area contributed by atoms with E-state index in [9.17, 15) is 9.59 Å². The van der Waals surface area contributed by atoms with Crippen molar-refractivity contribution in [3.8, 4) is 0 Å². The summed E-state index contributed by atoms with van der Waals surface area (Å²) in [6.45, 7) is 3.06. The summed E-state index contributed by atoms with van der Waals surface area (Å²) in [4.78, 5) is 29.7. The number of hydrogen-bond donors (Lipinski definition) is 1. The highest BCUT2D eigenvalue weighted by atomic mass is 32.1. The van der Waals surface area contributed by atoms with Crippen LogP contribution in [0.4, 0.5) is 0 Å². The Hall–Kier alpha value is -3.27. The van der Waals surface area contributed by atoms with Crippen molar-refractivity contribution < 1.29 is 4.79 Å². The average Bonchev–Trinajstić information content (AvgIpc) is 3.38. The quantitative estimate of drug-likeness (QED) is 0.513. The molecule has 1 aliphatic heterocycles. The number of thiazole rings is 1. The molecular formula is C21H23N7O2S. The van der Waals surface area contributed by atoms with Gasteiger partial charge in [-0.3, -0.25) is 14.0 Å². The van der Waals surface area contributed by atoms with Gasteiger partial charge in [0.15, 0.2) is 0 Å². The number of nitrogens with zero attached hydrogens (tertiary/aromatic N) is 6. The minimum absolute atomic E-state index is 0.00761. The number of nitrogens with one attached hydrogen (secondary N) is 1. The summed E-state index contributed by atoms with van der Waals surface area (Å²) in [7, 11) is 0. The fourth-order valence-corrected chi connectivity index (χ4v) is 4.63. The lowest BCUT2D eigenvalue weighted by molar-refractivity contribution is -0.122. The van der Waals surface area contributed by atoms with E-state index in [1.807, 2.05) is 42.8 Å². The Kier molecular flexibility index (Phi) is 5.14. The maximum Gasteiger partial charge on any atom is 0.346 e. The molecule has 1 aliphatic rings. The van der Waals surface area contributed by atoms with Crippen LogP contribution in [0.15, 0.2) is 40.6 Å². The Morgan fingerprint density at radius 3 is 2.94 bits per heavy atom. The highest BCUT2D eigenvalue weighted by Gasteiger charge is 2.22. The van der Waals surface area contributed by atoms with E-state index in [2.05, 4.69) is 20.5 Å². The Bertz CT molecular complexity index is 1270. The Balaban J connectivity index is 1.21. The minimum Gasteiger partial charge on any atom is -0.352 e. The summed E-state index contributed by atoms with van der Waals surface area (Å²) in [5.74, 6) is 0.695. The van der Waals surface area contributed by atoms with E-state index in [0.717, 1.165) is 33.8 Å². The summed E-state index contributed by atoms with van der Waals surface area (Å²) in [6.07, 6.45) is 3.97. The van der Waals surface area contributed by atoms with Gasteiger partial charge in [-0.05, 0) is 25.8 Å². The van der Waals surface area contributed by atoms with Gasteiger partial charge in [-0.1, -0.05) is 18.2 Å². The minimum atomic E-state index is -0.115. The molecule has 0 fully saturated rings. The number of rotatable bonds is 5. The normalized spacial score (nSPS) is 16.2. The Labute approximate surface area is 182 Å². The number of aromatic nitrogens is 6. The third-order valence-electron chi connectivity index (χ3n) is 5.53. The van der Waals surface area contributed by atoms with Crippen LogP contribution >= 0.6 is 11.3 Å². The van der Waals surface area contributed by atoms with Crippen molar-refractivity contribution >= 4 is 28.1 Å². The standard InChI is InChI=1S/C21H23N7O2S/c1-14-22-17(13-31-14)11-28-21(30)27-9-8-16(6-7-19(27)25-28)23-20(29)12-26-10-15-4-2-3-5-18(15)24-26/h2-5,10,13,16H,6-9,11-12H2,1H3,(H,23,29). The molecule has 1 unspecified atom stereocenters. The van der Waals surface area contributed by atoms with Gasteiger partial charge in [0.1, 0.15) is 12.4 Å². The summed E-state index contributed by atoms with van der Waals surface area (Å²) in [6, 6.07) is 7.80. The number of fused-ring (bicyclic) bond motifs is 2. The van der Waals surface area contributed by atoms with E-state index < -0.39 is 0 Å². The average molecular weight is 438 g/mol. The SMILES string of the molecule is Cc1nc(Cn2nc3n(c2=O)CCC(NC(=O)Cn2cc4ccccc4n2)CC3)cs1. The van der Waals surface area contributed by atoms with Crippen LogP contribution in [-0.4, -0.2) is 41.1 Å². The molecule has 5 rings (SSSR count). The van der Waals surface area contributed by atoms with Crippen LogP contribution in [0, 0.1) is 6.92 Å². The number of carbonyl (C=O) groups excluding carboxylic acids is 1. The van der Waals surface area contributed by atoms with E-state index >= 15 is 0 Å². The maximum atomic E-state index is 12.8. The van der Waals surface area contributed by atoms with E-state index in [1.165, 1.54) is 4.68 Å². The van der Waals surface area contributed by atoms with Gasteiger partial charge in [0.05, 0.1) is 22.8 Å². The molecule has 3 aromatic heterocycles. The van der Waals surface area contributed by atoms with Crippen LogP contribution in [0.5, 0.6) is 0 Å². The van der Waals surface area contributed by atoms with Crippen molar-refractivity contribution in [3.63, 3.8) is 0 Å². The highest BCUT2D eigenvalue weighted by Crippen LogP contribution is 2.14. The van der Waals surface area contributed by atoms with Gasteiger partial charge in [-0.15, -0.1) is 11.3 Å². The summed E-state index contributed by atoms with van der Waals surface area (Å²) >= 11 is 1.57. The van der Waals surface area contributed by atoms with Gasteiger partial charge in [0.25, 0.3) is 0 Å². The van der Waals surface area contributed by atoms with Gasteiger partial charge < -0.3 is 5.32 Å². The molecule has 0 spiro atoms. The van der Waals surface area contributed by atoms with E-state index in [0.29, 0.717) is 25.9 Å². The fourth-order valence-electron chi connectivity index (χ4n) is 4.03. The van der Waals surface area contributed by atoms with E-state index in [1.54, 1.807) is 20.6 Å². The van der Waals surface area contributed by atoms with Crippen molar-refractivity contribution in [2.24, 2.45) is 0 Å². The van der Waals surface area contributed by atoms with Crippen molar-refractivity contribution in [3.05, 3.63) is 62.9 Å². The topological polar surface area (TPSA) is 99.6 Å². The summed E-state index contributed by atoms with van der Waals surface area (Å²) < 4.78 is 4.89. The molecule has 1 N–H and O–H groups in total. The first-order valence-electron chi connectivity index (χ1n) is 10.3. The van der Waals surface area contributed by atoms with Crippen molar-refractivity contribution in [1.82, 2.24) is 34.4 Å². The second-order valence-electron chi connectivity index (χ2n) is 7.84.